The molecule has 1 nitrogen and oxygen atoms in total. The molecule has 22 heavy (non-hydrogen) atoms. The van der Waals surface area contributed by atoms with Crippen molar-refractivity contribution in [2.24, 2.45) is 0 Å². The fourth-order valence-electron chi connectivity index (χ4n) is 4.09. The van der Waals surface area contributed by atoms with Gasteiger partial charge in [0.25, 0.3) is 0 Å². The van der Waals surface area contributed by atoms with Crippen LogP contribution in [-0.2, 0) is 12.8 Å². The van der Waals surface area contributed by atoms with Gasteiger partial charge in [0.1, 0.15) is 0 Å². The highest BCUT2D eigenvalue weighted by atomic mass is 15.1. The van der Waals surface area contributed by atoms with E-state index in [4.69, 9.17) is 0 Å². The lowest BCUT2D eigenvalue weighted by atomic mass is 9.89. The summed E-state index contributed by atoms with van der Waals surface area (Å²) in [5.41, 5.74) is 11.5. The topological polar surface area (TPSA) is 3.24 Å². The van der Waals surface area contributed by atoms with Gasteiger partial charge in [0.2, 0.25) is 0 Å². The summed E-state index contributed by atoms with van der Waals surface area (Å²) < 4.78 is 0. The molecule has 3 aromatic carbocycles. The fourth-order valence-corrected chi connectivity index (χ4v) is 4.09. The third-order valence-electron chi connectivity index (χ3n) is 5.12. The van der Waals surface area contributed by atoms with Gasteiger partial charge in [-0.2, -0.15) is 0 Å². The number of nitrogens with zero attached hydrogens (tertiary/aromatic N) is 1. The van der Waals surface area contributed by atoms with Crippen LogP contribution in [0.4, 0.5) is 11.4 Å². The Bertz CT molecular complexity index is 908. The Morgan fingerprint density at radius 2 is 1.45 bits per heavy atom. The van der Waals surface area contributed by atoms with Crippen LogP contribution in [-0.4, -0.2) is 7.05 Å². The van der Waals surface area contributed by atoms with E-state index in [2.05, 4.69) is 72.6 Å². The summed E-state index contributed by atoms with van der Waals surface area (Å²) >= 11 is 0. The summed E-state index contributed by atoms with van der Waals surface area (Å²) in [6.45, 7) is 0. The second-order valence-electron chi connectivity index (χ2n) is 6.30. The SMILES string of the molecule is CN1c2ccccc2Cc2c1ccc1c2-c2ccccc2C1. The van der Waals surface area contributed by atoms with Crippen LogP contribution in [0.3, 0.4) is 0 Å². The highest BCUT2D eigenvalue weighted by Gasteiger charge is 2.27. The predicted molar refractivity (Wildman–Crippen MR) is 92.0 cm³/mol. The van der Waals surface area contributed by atoms with Gasteiger partial charge >= 0.3 is 0 Å². The van der Waals surface area contributed by atoms with E-state index in [1.807, 2.05) is 0 Å². The molecule has 1 aliphatic heterocycles. The van der Waals surface area contributed by atoms with Gasteiger partial charge in [0.15, 0.2) is 0 Å². The van der Waals surface area contributed by atoms with Crippen molar-refractivity contribution in [2.75, 3.05) is 11.9 Å². The summed E-state index contributed by atoms with van der Waals surface area (Å²) in [6, 6.07) is 22.2. The van der Waals surface area contributed by atoms with Crippen molar-refractivity contribution in [2.45, 2.75) is 12.8 Å². The summed E-state index contributed by atoms with van der Waals surface area (Å²) in [4.78, 5) is 2.34. The lowest BCUT2D eigenvalue weighted by Gasteiger charge is -2.31. The Labute approximate surface area is 130 Å². The standard InChI is InChI=1S/C21H17N/c1-22-19-9-5-3-7-15(19)13-18-20(22)11-10-16-12-14-6-2-4-8-17(14)21(16)18/h2-11H,12-13H2,1H3. The Hall–Kier alpha value is -2.54. The predicted octanol–water partition coefficient (Wildman–Crippen LogP) is 4.93. The van der Waals surface area contributed by atoms with E-state index in [-0.39, 0.29) is 0 Å². The van der Waals surface area contributed by atoms with Gasteiger partial charge in [-0.3, -0.25) is 0 Å². The molecule has 0 fully saturated rings. The van der Waals surface area contributed by atoms with Crippen LogP contribution in [0.2, 0.25) is 0 Å². The number of fused-ring (bicyclic) bond motifs is 6. The van der Waals surface area contributed by atoms with Crippen LogP contribution < -0.4 is 4.90 Å². The zero-order valence-corrected chi connectivity index (χ0v) is 12.6. The first-order valence-corrected chi connectivity index (χ1v) is 7.87. The third-order valence-corrected chi connectivity index (χ3v) is 5.12. The van der Waals surface area contributed by atoms with E-state index in [0.29, 0.717) is 0 Å². The minimum Gasteiger partial charge on any atom is -0.344 e. The maximum atomic E-state index is 2.34. The molecule has 0 unspecified atom stereocenters. The Morgan fingerprint density at radius 3 is 2.36 bits per heavy atom. The average Bonchev–Trinajstić information content (AvgIpc) is 2.94. The van der Waals surface area contributed by atoms with Crippen LogP contribution >= 0.6 is 0 Å². The third kappa shape index (κ3) is 1.48. The number of rotatable bonds is 0. The molecule has 0 radical (unpaired) electrons. The number of benzene rings is 3. The second-order valence-corrected chi connectivity index (χ2v) is 6.30. The Kier molecular flexibility index (Phi) is 2.32. The number of anilines is 2. The normalized spacial score (nSPS) is 14.1. The lowest BCUT2D eigenvalue weighted by Crippen LogP contribution is -2.19. The van der Waals surface area contributed by atoms with E-state index >= 15 is 0 Å². The molecule has 0 N–H and O–H groups in total. The maximum Gasteiger partial charge on any atom is 0.0450 e. The van der Waals surface area contributed by atoms with Gasteiger partial charge in [0.05, 0.1) is 0 Å². The molecule has 1 heteroatoms. The van der Waals surface area contributed by atoms with Crippen molar-refractivity contribution in [1.29, 1.82) is 0 Å². The van der Waals surface area contributed by atoms with Crippen molar-refractivity contribution in [3.8, 4) is 11.1 Å². The molecule has 1 aliphatic carbocycles. The van der Waals surface area contributed by atoms with Gasteiger partial charge in [0, 0.05) is 24.8 Å². The van der Waals surface area contributed by atoms with E-state index in [9.17, 15) is 0 Å². The van der Waals surface area contributed by atoms with Gasteiger partial charge < -0.3 is 4.90 Å². The van der Waals surface area contributed by atoms with Crippen molar-refractivity contribution in [1.82, 2.24) is 0 Å². The molecule has 0 bridgehead atoms. The lowest BCUT2D eigenvalue weighted by molar-refractivity contribution is 1.05. The van der Waals surface area contributed by atoms with E-state index < -0.39 is 0 Å². The molecule has 3 aromatic rings. The summed E-state index contributed by atoms with van der Waals surface area (Å²) in [7, 11) is 2.18. The molecule has 5 rings (SSSR count). The highest BCUT2D eigenvalue weighted by molar-refractivity contribution is 5.87. The maximum absolute atomic E-state index is 2.34. The molecular formula is C21H17N. The van der Waals surface area contributed by atoms with Crippen molar-refractivity contribution < 1.29 is 0 Å². The molecule has 0 spiro atoms. The first-order chi connectivity index (χ1) is 10.8. The highest BCUT2D eigenvalue weighted by Crippen LogP contribution is 2.47. The number of hydrogen-bond acceptors (Lipinski definition) is 1. The minimum absolute atomic E-state index is 1.04. The Morgan fingerprint density at radius 1 is 0.682 bits per heavy atom. The number of hydrogen-bond donors (Lipinski definition) is 0. The molecule has 2 aliphatic rings. The molecule has 0 saturated carbocycles. The largest absolute Gasteiger partial charge is 0.344 e. The molecule has 0 saturated heterocycles. The average molecular weight is 283 g/mol. The molecule has 106 valence electrons. The van der Waals surface area contributed by atoms with Crippen LogP contribution in [0.1, 0.15) is 22.3 Å². The van der Waals surface area contributed by atoms with Crippen molar-refractivity contribution in [3.05, 3.63) is 82.9 Å². The van der Waals surface area contributed by atoms with Gasteiger partial charge in [-0.15, -0.1) is 0 Å². The molecule has 0 aromatic heterocycles. The summed E-state index contributed by atoms with van der Waals surface area (Å²) in [5.74, 6) is 0. The molecule has 0 atom stereocenters. The first kappa shape index (κ1) is 12.0. The van der Waals surface area contributed by atoms with Crippen LogP contribution in [0.15, 0.2) is 60.7 Å². The molecule has 1 heterocycles. The van der Waals surface area contributed by atoms with E-state index in [1.54, 1.807) is 0 Å². The van der Waals surface area contributed by atoms with Gasteiger partial charge in [-0.05, 0) is 51.9 Å². The van der Waals surface area contributed by atoms with Crippen LogP contribution in [0.25, 0.3) is 11.1 Å². The molecule has 0 amide bonds. The summed E-state index contributed by atoms with van der Waals surface area (Å²) in [5, 5.41) is 0. The zero-order valence-electron chi connectivity index (χ0n) is 12.6. The quantitative estimate of drug-likeness (QED) is 0.442. The number of para-hydroxylation sites is 1. The van der Waals surface area contributed by atoms with Crippen molar-refractivity contribution in [3.63, 3.8) is 0 Å². The minimum atomic E-state index is 1.04. The van der Waals surface area contributed by atoms with Crippen LogP contribution in [0.5, 0.6) is 0 Å². The van der Waals surface area contributed by atoms with E-state index in [0.717, 1.165) is 12.8 Å². The monoisotopic (exact) mass is 283 g/mol. The van der Waals surface area contributed by atoms with Crippen molar-refractivity contribution >= 4 is 11.4 Å². The smallest absolute Gasteiger partial charge is 0.0450 e. The van der Waals surface area contributed by atoms with Gasteiger partial charge in [-0.25, -0.2) is 0 Å². The zero-order chi connectivity index (χ0) is 14.7. The fraction of sp³-hybridized carbons (Fsp3) is 0.143. The summed E-state index contributed by atoms with van der Waals surface area (Å²) in [6.07, 6.45) is 2.11. The molecular weight excluding hydrogens is 266 g/mol. The second kappa shape index (κ2) is 4.23. The van der Waals surface area contributed by atoms with E-state index in [1.165, 1.54) is 44.8 Å². The van der Waals surface area contributed by atoms with Crippen LogP contribution in [0, 0.1) is 0 Å². The first-order valence-electron chi connectivity index (χ1n) is 7.87. The Balaban J connectivity index is 1.79. The van der Waals surface area contributed by atoms with Gasteiger partial charge in [-0.1, -0.05) is 48.5 Å².